The van der Waals surface area contributed by atoms with Crippen molar-refractivity contribution in [3.63, 3.8) is 0 Å². The first-order valence-electron chi connectivity index (χ1n) is 8.04. The molecule has 5 rings (SSSR count). The van der Waals surface area contributed by atoms with E-state index in [-0.39, 0.29) is 11.9 Å². The SMILES string of the molecule is O=C(N[C@H]1CN2CCC1CC2)c1ncc(-c2ccc(Cl)cc2Cl)s1. The van der Waals surface area contributed by atoms with Crippen molar-refractivity contribution in [3.05, 3.63) is 39.4 Å². The average Bonchev–Trinajstić information content (AvgIpc) is 3.06. The molecule has 2 aromatic rings. The van der Waals surface area contributed by atoms with Crippen molar-refractivity contribution in [2.45, 2.75) is 18.9 Å². The quantitative estimate of drug-likeness (QED) is 0.875. The van der Waals surface area contributed by atoms with E-state index < -0.39 is 0 Å². The summed E-state index contributed by atoms with van der Waals surface area (Å²) in [5, 5.41) is 4.80. The highest BCUT2D eigenvalue weighted by atomic mass is 35.5. The van der Waals surface area contributed by atoms with Gasteiger partial charge in [0.05, 0.1) is 9.90 Å². The first-order chi connectivity index (χ1) is 11.6. The number of fused-ring (bicyclic) bond motifs is 3. The van der Waals surface area contributed by atoms with Crippen molar-refractivity contribution >= 4 is 40.4 Å². The van der Waals surface area contributed by atoms with Crippen LogP contribution in [0.5, 0.6) is 0 Å². The van der Waals surface area contributed by atoms with E-state index in [1.165, 1.54) is 24.2 Å². The summed E-state index contributed by atoms with van der Waals surface area (Å²) in [6.07, 6.45) is 4.05. The van der Waals surface area contributed by atoms with Crippen LogP contribution in [0.3, 0.4) is 0 Å². The Morgan fingerprint density at radius 1 is 1.29 bits per heavy atom. The van der Waals surface area contributed by atoms with Crippen LogP contribution in [-0.2, 0) is 0 Å². The molecule has 3 aliphatic heterocycles. The zero-order chi connectivity index (χ0) is 16.7. The van der Waals surface area contributed by atoms with Crippen LogP contribution in [0.2, 0.25) is 10.0 Å². The number of rotatable bonds is 3. The summed E-state index contributed by atoms with van der Waals surface area (Å²) in [6.45, 7) is 3.28. The molecule has 1 atom stereocenters. The van der Waals surface area contributed by atoms with Crippen LogP contribution < -0.4 is 5.32 Å². The lowest BCUT2D eigenvalue weighted by atomic mass is 9.84. The standard InChI is InChI=1S/C17H17Cl2N3OS/c18-11-1-2-12(13(19)7-11)15-8-20-17(24-15)16(23)21-14-9-22-5-3-10(14)4-6-22/h1-2,7-8,10,14H,3-6,9H2,(H,21,23)/t14-/m0/s1. The van der Waals surface area contributed by atoms with Gasteiger partial charge < -0.3 is 10.2 Å². The van der Waals surface area contributed by atoms with E-state index in [1.807, 2.05) is 6.07 Å². The van der Waals surface area contributed by atoms with Gasteiger partial charge in [-0.3, -0.25) is 4.79 Å². The minimum absolute atomic E-state index is 0.0879. The van der Waals surface area contributed by atoms with E-state index in [1.54, 1.807) is 18.3 Å². The molecule has 1 aromatic heterocycles. The Morgan fingerprint density at radius 3 is 2.75 bits per heavy atom. The number of aromatic nitrogens is 1. The molecule has 126 valence electrons. The summed E-state index contributed by atoms with van der Waals surface area (Å²) < 4.78 is 0. The second-order valence-corrected chi connectivity index (χ2v) is 8.25. The summed E-state index contributed by atoms with van der Waals surface area (Å²) in [5.41, 5.74) is 0.848. The third-order valence-corrected chi connectivity index (χ3v) is 6.45. The van der Waals surface area contributed by atoms with E-state index >= 15 is 0 Å². The zero-order valence-corrected chi connectivity index (χ0v) is 15.3. The molecule has 1 amide bonds. The molecule has 0 spiro atoms. The van der Waals surface area contributed by atoms with Crippen molar-refractivity contribution in [1.29, 1.82) is 0 Å². The maximum absolute atomic E-state index is 12.5. The van der Waals surface area contributed by atoms with Gasteiger partial charge in [-0.25, -0.2) is 4.98 Å². The van der Waals surface area contributed by atoms with Crippen LogP contribution in [0.15, 0.2) is 24.4 Å². The number of piperidine rings is 3. The van der Waals surface area contributed by atoms with Gasteiger partial charge in [-0.2, -0.15) is 0 Å². The number of carbonyl (C=O) groups excluding carboxylic acids is 1. The van der Waals surface area contributed by atoms with Gasteiger partial charge in [0.1, 0.15) is 0 Å². The Kier molecular flexibility index (Phi) is 4.52. The zero-order valence-electron chi connectivity index (χ0n) is 13.0. The van der Waals surface area contributed by atoms with Gasteiger partial charge in [0.15, 0.2) is 5.01 Å². The third kappa shape index (κ3) is 3.18. The molecule has 24 heavy (non-hydrogen) atoms. The van der Waals surface area contributed by atoms with Crippen LogP contribution in [0.25, 0.3) is 10.4 Å². The molecule has 2 bridgehead atoms. The summed E-state index contributed by atoms with van der Waals surface area (Å²) in [5.74, 6) is 0.513. The van der Waals surface area contributed by atoms with E-state index in [0.29, 0.717) is 21.0 Å². The summed E-state index contributed by atoms with van der Waals surface area (Å²) in [4.78, 5) is 20.1. The normalized spacial score (nSPS) is 25.7. The van der Waals surface area contributed by atoms with E-state index in [4.69, 9.17) is 23.2 Å². The molecule has 0 unspecified atom stereocenters. The highest BCUT2D eigenvalue weighted by Crippen LogP contribution is 2.34. The number of amides is 1. The smallest absolute Gasteiger partial charge is 0.280 e. The molecule has 0 saturated carbocycles. The second-order valence-electron chi connectivity index (χ2n) is 6.37. The van der Waals surface area contributed by atoms with Crippen LogP contribution in [0, 0.1) is 5.92 Å². The Morgan fingerprint density at radius 2 is 2.08 bits per heavy atom. The summed E-state index contributed by atoms with van der Waals surface area (Å²) >= 11 is 13.5. The minimum Gasteiger partial charge on any atom is -0.346 e. The number of thiazole rings is 1. The van der Waals surface area contributed by atoms with Gasteiger partial charge in [-0.15, -0.1) is 11.3 Å². The molecule has 3 fully saturated rings. The van der Waals surface area contributed by atoms with Gasteiger partial charge in [0, 0.05) is 29.4 Å². The van der Waals surface area contributed by atoms with Gasteiger partial charge in [-0.1, -0.05) is 29.3 Å². The van der Waals surface area contributed by atoms with Crippen molar-refractivity contribution < 1.29 is 4.79 Å². The molecule has 1 N–H and O–H groups in total. The monoisotopic (exact) mass is 381 g/mol. The van der Waals surface area contributed by atoms with Crippen molar-refractivity contribution in [1.82, 2.24) is 15.2 Å². The largest absolute Gasteiger partial charge is 0.346 e. The number of benzene rings is 1. The molecular weight excluding hydrogens is 365 g/mol. The fraction of sp³-hybridized carbons (Fsp3) is 0.412. The molecule has 3 saturated heterocycles. The van der Waals surface area contributed by atoms with Crippen molar-refractivity contribution in [3.8, 4) is 10.4 Å². The molecule has 7 heteroatoms. The predicted octanol–water partition coefficient (Wildman–Crippen LogP) is 3.94. The number of nitrogens with one attached hydrogen (secondary N) is 1. The summed E-state index contributed by atoms with van der Waals surface area (Å²) in [7, 11) is 0. The predicted molar refractivity (Wildman–Crippen MR) is 98.0 cm³/mol. The Balaban J connectivity index is 1.49. The molecule has 0 aliphatic carbocycles. The van der Waals surface area contributed by atoms with Gasteiger partial charge in [0.25, 0.3) is 5.91 Å². The number of hydrogen-bond acceptors (Lipinski definition) is 4. The first kappa shape index (κ1) is 16.3. The fourth-order valence-electron chi connectivity index (χ4n) is 3.55. The maximum Gasteiger partial charge on any atom is 0.280 e. The van der Waals surface area contributed by atoms with E-state index in [9.17, 15) is 4.79 Å². The molecule has 1 aromatic carbocycles. The minimum atomic E-state index is -0.0879. The lowest BCUT2D eigenvalue weighted by Gasteiger charge is -2.44. The number of carbonyl (C=O) groups is 1. The van der Waals surface area contributed by atoms with E-state index in [2.05, 4.69) is 15.2 Å². The number of halogens is 2. The van der Waals surface area contributed by atoms with E-state index in [0.717, 1.165) is 30.1 Å². The van der Waals surface area contributed by atoms with Crippen molar-refractivity contribution in [2.24, 2.45) is 5.92 Å². The Labute approximate surface area is 154 Å². The first-order valence-corrected chi connectivity index (χ1v) is 9.62. The lowest BCUT2D eigenvalue weighted by Crippen LogP contribution is -2.57. The summed E-state index contributed by atoms with van der Waals surface area (Å²) in [6, 6.07) is 5.58. The van der Waals surface area contributed by atoms with Gasteiger partial charge in [-0.05, 0) is 44.0 Å². The van der Waals surface area contributed by atoms with Crippen LogP contribution in [0.4, 0.5) is 0 Å². The van der Waals surface area contributed by atoms with Crippen LogP contribution in [-0.4, -0.2) is 41.5 Å². The molecule has 0 radical (unpaired) electrons. The third-order valence-electron chi connectivity index (χ3n) is 4.87. The molecular formula is C17H17Cl2N3OS. The highest BCUT2D eigenvalue weighted by molar-refractivity contribution is 7.17. The average molecular weight is 382 g/mol. The molecule has 4 heterocycles. The highest BCUT2D eigenvalue weighted by Gasteiger charge is 2.35. The second kappa shape index (κ2) is 6.64. The Hall–Kier alpha value is -1.14. The van der Waals surface area contributed by atoms with Crippen LogP contribution >= 0.6 is 34.5 Å². The lowest BCUT2D eigenvalue weighted by molar-refractivity contribution is 0.0620. The maximum atomic E-state index is 12.5. The fourth-order valence-corrected chi connectivity index (χ4v) is 4.98. The molecule has 3 aliphatic rings. The van der Waals surface area contributed by atoms with Crippen molar-refractivity contribution in [2.75, 3.05) is 19.6 Å². The topological polar surface area (TPSA) is 45.2 Å². The molecule has 4 nitrogen and oxygen atoms in total. The van der Waals surface area contributed by atoms with Crippen LogP contribution in [0.1, 0.15) is 22.6 Å². The number of nitrogens with zero attached hydrogens (tertiary/aromatic N) is 2. The van der Waals surface area contributed by atoms with Gasteiger partial charge in [0.2, 0.25) is 0 Å². The number of hydrogen-bond donors (Lipinski definition) is 1. The Bertz CT molecular complexity index is 771. The van der Waals surface area contributed by atoms with Gasteiger partial charge >= 0.3 is 0 Å².